The molecule has 0 aliphatic rings. The van der Waals surface area contributed by atoms with Crippen molar-refractivity contribution < 1.29 is 38.6 Å². The third kappa shape index (κ3) is 11.1. The molecule has 24 heavy (non-hydrogen) atoms. The van der Waals surface area contributed by atoms with Crippen LogP contribution in [0.3, 0.4) is 0 Å². The molecule has 140 valence electrons. The zero-order chi connectivity index (χ0) is 19.1. The van der Waals surface area contributed by atoms with Crippen molar-refractivity contribution in [3.05, 3.63) is 0 Å². The topological polar surface area (TPSA) is 110 Å². The first kappa shape index (κ1) is 22.5. The van der Waals surface area contributed by atoms with Crippen LogP contribution in [0.2, 0.25) is 0 Å². The van der Waals surface area contributed by atoms with Gasteiger partial charge in [0.05, 0.1) is 39.6 Å². The number of carbonyl (C=O) groups is 3. The number of carbonyl (C=O) groups excluding carboxylic acids is 2. The van der Waals surface area contributed by atoms with E-state index >= 15 is 0 Å². The predicted molar refractivity (Wildman–Crippen MR) is 86.1 cm³/mol. The number of nitrogens with zero attached hydrogens (tertiary/aromatic N) is 1. The van der Waals surface area contributed by atoms with Crippen LogP contribution < -0.4 is 0 Å². The van der Waals surface area contributed by atoms with Crippen molar-refractivity contribution in [2.24, 2.45) is 0 Å². The van der Waals surface area contributed by atoms with E-state index in [1.54, 1.807) is 6.92 Å². The first-order chi connectivity index (χ1) is 10.7. The molecule has 0 saturated carbocycles. The number of aliphatic carboxylic acids is 1. The van der Waals surface area contributed by atoms with Gasteiger partial charge in [-0.2, -0.15) is 0 Å². The molecule has 0 radical (unpaired) electrons. The molecular formula is C16H30NO7+. The van der Waals surface area contributed by atoms with Crippen molar-refractivity contribution in [3.8, 4) is 0 Å². The molecule has 0 amide bonds. The lowest BCUT2D eigenvalue weighted by atomic mass is 10.1. The van der Waals surface area contributed by atoms with Crippen molar-refractivity contribution >= 4 is 17.9 Å². The van der Waals surface area contributed by atoms with Gasteiger partial charge in [0.15, 0.2) is 6.10 Å². The summed E-state index contributed by atoms with van der Waals surface area (Å²) in [5.41, 5.74) is -1.28. The molecule has 2 N–H and O–H groups in total. The third-order valence-corrected chi connectivity index (χ3v) is 2.94. The monoisotopic (exact) mass is 348 g/mol. The Balaban J connectivity index is 4.86. The van der Waals surface area contributed by atoms with Crippen molar-refractivity contribution in [2.75, 3.05) is 27.7 Å². The van der Waals surface area contributed by atoms with Gasteiger partial charge in [-0.1, -0.05) is 6.92 Å². The second kappa shape index (κ2) is 9.10. The maximum Gasteiger partial charge on any atom is 0.342 e. The number of rotatable bonds is 10. The largest absolute Gasteiger partial charge is 0.481 e. The lowest BCUT2D eigenvalue weighted by molar-refractivity contribution is -0.873. The number of hydrogen-bond donors (Lipinski definition) is 2. The number of hydrogen-bond acceptors (Lipinski definition) is 6. The van der Waals surface area contributed by atoms with Gasteiger partial charge in [-0.05, 0) is 20.3 Å². The van der Waals surface area contributed by atoms with Crippen LogP contribution in [0, 0.1) is 0 Å². The van der Waals surface area contributed by atoms with Gasteiger partial charge in [0.1, 0.15) is 12.6 Å². The Morgan fingerprint density at radius 3 is 2.08 bits per heavy atom. The van der Waals surface area contributed by atoms with Crippen LogP contribution in [-0.2, 0) is 23.9 Å². The average molecular weight is 348 g/mol. The van der Waals surface area contributed by atoms with Crippen molar-refractivity contribution in [2.45, 2.75) is 57.8 Å². The maximum absolute atomic E-state index is 12.1. The molecule has 0 aromatic carbocycles. The van der Waals surface area contributed by atoms with Gasteiger partial charge >= 0.3 is 17.9 Å². The van der Waals surface area contributed by atoms with E-state index in [1.165, 1.54) is 13.8 Å². The molecule has 0 saturated heterocycles. The summed E-state index contributed by atoms with van der Waals surface area (Å²) in [6, 6.07) is 0. The van der Waals surface area contributed by atoms with Gasteiger partial charge in [0.2, 0.25) is 0 Å². The first-order valence-electron chi connectivity index (χ1n) is 7.88. The van der Waals surface area contributed by atoms with Crippen LogP contribution in [0.4, 0.5) is 0 Å². The SMILES string of the molecule is CCC(OC(CC(=O)O)C[N+](C)(C)C)C(=O)OC(=O)CC(C)(C)O. The minimum Gasteiger partial charge on any atom is -0.481 e. The summed E-state index contributed by atoms with van der Waals surface area (Å²) in [4.78, 5) is 34.7. The van der Waals surface area contributed by atoms with Crippen LogP contribution >= 0.6 is 0 Å². The number of esters is 2. The Morgan fingerprint density at radius 2 is 1.71 bits per heavy atom. The van der Waals surface area contributed by atoms with Crippen LogP contribution in [0.15, 0.2) is 0 Å². The zero-order valence-corrected chi connectivity index (χ0v) is 15.4. The van der Waals surface area contributed by atoms with Crippen molar-refractivity contribution in [1.82, 2.24) is 0 Å². The Kier molecular flexibility index (Phi) is 8.53. The molecule has 0 heterocycles. The molecule has 0 aliphatic carbocycles. The van der Waals surface area contributed by atoms with E-state index in [1.807, 2.05) is 21.1 Å². The standard InChI is InChI=1S/C16H29NO7/c1-7-12(15(21)24-14(20)9-16(2,3)22)23-11(8-13(18)19)10-17(4,5)6/h11-12,22H,7-10H2,1-6H3/p+1. The van der Waals surface area contributed by atoms with E-state index in [9.17, 15) is 19.5 Å². The number of ether oxygens (including phenoxy) is 2. The van der Waals surface area contributed by atoms with Gasteiger partial charge in [-0.15, -0.1) is 0 Å². The lowest BCUT2D eigenvalue weighted by Gasteiger charge is -2.30. The Bertz CT molecular complexity index is 448. The highest BCUT2D eigenvalue weighted by Gasteiger charge is 2.30. The molecule has 8 heteroatoms. The third-order valence-electron chi connectivity index (χ3n) is 2.94. The highest BCUT2D eigenvalue weighted by molar-refractivity contribution is 5.88. The minimum absolute atomic E-state index is 0.238. The number of likely N-dealkylation sites (N-methyl/N-ethyl adjacent to an activating group) is 1. The molecule has 0 aliphatic heterocycles. The smallest absolute Gasteiger partial charge is 0.342 e. The van der Waals surface area contributed by atoms with Crippen LogP contribution in [0.1, 0.15) is 40.0 Å². The molecule has 0 rings (SSSR count). The molecule has 0 aromatic heterocycles. The molecule has 2 unspecified atom stereocenters. The van der Waals surface area contributed by atoms with E-state index in [0.29, 0.717) is 11.0 Å². The molecule has 0 fully saturated rings. The summed E-state index contributed by atoms with van der Waals surface area (Å²) in [5, 5.41) is 18.6. The molecule has 2 atom stereocenters. The van der Waals surface area contributed by atoms with Crippen LogP contribution in [-0.4, -0.2) is 78.1 Å². The fourth-order valence-electron chi connectivity index (χ4n) is 2.08. The van der Waals surface area contributed by atoms with Gasteiger partial charge < -0.3 is 24.2 Å². The number of aliphatic hydroxyl groups is 1. The summed E-state index contributed by atoms with van der Waals surface area (Å²) in [6.07, 6.45) is -2.07. The summed E-state index contributed by atoms with van der Waals surface area (Å²) < 4.78 is 10.8. The second-order valence-electron chi connectivity index (χ2n) is 7.51. The number of carboxylic acids is 1. The van der Waals surface area contributed by atoms with Crippen molar-refractivity contribution in [3.63, 3.8) is 0 Å². The van der Waals surface area contributed by atoms with Gasteiger partial charge in [-0.25, -0.2) is 4.79 Å². The predicted octanol–water partition coefficient (Wildman–Crippen LogP) is 0.562. The highest BCUT2D eigenvalue weighted by Crippen LogP contribution is 2.13. The van der Waals surface area contributed by atoms with Gasteiger partial charge in [0.25, 0.3) is 0 Å². The Morgan fingerprint density at radius 1 is 1.17 bits per heavy atom. The number of carboxylic acid groups (broad SMARTS) is 1. The summed E-state index contributed by atoms with van der Waals surface area (Å²) >= 11 is 0. The zero-order valence-electron chi connectivity index (χ0n) is 15.4. The molecule has 8 nitrogen and oxygen atoms in total. The summed E-state index contributed by atoms with van der Waals surface area (Å²) in [7, 11) is 5.64. The molecule has 0 bridgehead atoms. The van der Waals surface area contributed by atoms with Crippen LogP contribution in [0.25, 0.3) is 0 Å². The van der Waals surface area contributed by atoms with Crippen molar-refractivity contribution in [1.29, 1.82) is 0 Å². The summed E-state index contributed by atoms with van der Waals surface area (Å²) in [6.45, 7) is 4.91. The van der Waals surface area contributed by atoms with E-state index in [4.69, 9.17) is 14.6 Å². The Hall–Kier alpha value is -1.51. The quantitative estimate of drug-likeness (QED) is 0.337. The second-order valence-corrected chi connectivity index (χ2v) is 7.51. The average Bonchev–Trinajstić information content (AvgIpc) is 2.29. The van der Waals surface area contributed by atoms with E-state index in [-0.39, 0.29) is 19.3 Å². The first-order valence-corrected chi connectivity index (χ1v) is 7.88. The van der Waals surface area contributed by atoms with E-state index < -0.39 is 35.7 Å². The number of quaternary nitrogens is 1. The fraction of sp³-hybridized carbons (Fsp3) is 0.812. The molecule has 0 aromatic rings. The normalized spacial score (nSPS) is 14.8. The highest BCUT2D eigenvalue weighted by atomic mass is 16.6. The van der Waals surface area contributed by atoms with Crippen LogP contribution in [0.5, 0.6) is 0 Å². The molecule has 0 spiro atoms. The molecular weight excluding hydrogens is 318 g/mol. The Labute approximate surface area is 142 Å². The lowest BCUT2D eigenvalue weighted by Crippen LogP contribution is -2.45. The summed E-state index contributed by atoms with van der Waals surface area (Å²) in [5.74, 6) is -2.76. The van der Waals surface area contributed by atoms with E-state index in [2.05, 4.69) is 0 Å². The van der Waals surface area contributed by atoms with E-state index in [0.717, 1.165) is 0 Å². The van der Waals surface area contributed by atoms with Gasteiger partial charge in [0, 0.05) is 0 Å². The fourth-order valence-corrected chi connectivity index (χ4v) is 2.08. The van der Waals surface area contributed by atoms with Gasteiger partial charge in [-0.3, -0.25) is 9.59 Å². The minimum atomic E-state index is -1.28. The maximum atomic E-state index is 12.1.